The SMILES string of the molecule is COCc1nnc2sc([C@@H]3COc4ccccc4O3)nn12. The fourth-order valence-electron chi connectivity index (χ4n) is 2.16. The van der Waals surface area contributed by atoms with E-state index in [2.05, 4.69) is 15.3 Å². The number of methoxy groups -OCH3 is 1. The molecule has 0 spiro atoms. The maximum absolute atomic E-state index is 5.95. The van der Waals surface area contributed by atoms with Crippen molar-refractivity contribution < 1.29 is 14.2 Å². The molecule has 7 nitrogen and oxygen atoms in total. The van der Waals surface area contributed by atoms with Crippen molar-refractivity contribution in [3.05, 3.63) is 35.1 Å². The van der Waals surface area contributed by atoms with Crippen LogP contribution in [0.1, 0.15) is 16.9 Å². The van der Waals surface area contributed by atoms with E-state index < -0.39 is 0 Å². The number of rotatable bonds is 3. The van der Waals surface area contributed by atoms with Gasteiger partial charge in [-0.05, 0) is 12.1 Å². The van der Waals surface area contributed by atoms with Crippen molar-refractivity contribution in [2.45, 2.75) is 12.7 Å². The molecule has 0 saturated carbocycles. The average molecular weight is 304 g/mol. The summed E-state index contributed by atoms with van der Waals surface area (Å²) in [4.78, 5) is 0.722. The molecule has 1 aromatic carbocycles. The molecule has 0 aliphatic carbocycles. The molecule has 0 fully saturated rings. The fraction of sp³-hybridized carbons (Fsp3) is 0.308. The normalized spacial score (nSPS) is 17.3. The van der Waals surface area contributed by atoms with Crippen LogP contribution in [0.15, 0.2) is 24.3 Å². The van der Waals surface area contributed by atoms with Crippen LogP contribution >= 0.6 is 11.3 Å². The molecule has 1 aliphatic rings. The molecule has 2 aromatic heterocycles. The van der Waals surface area contributed by atoms with Gasteiger partial charge >= 0.3 is 0 Å². The Morgan fingerprint density at radius 3 is 3.05 bits per heavy atom. The number of nitrogens with zero attached hydrogens (tertiary/aromatic N) is 4. The zero-order chi connectivity index (χ0) is 14.2. The third kappa shape index (κ3) is 2.12. The third-order valence-electron chi connectivity index (χ3n) is 3.13. The van der Waals surface area contributed by atoms with Gasteiger partial charge in [0.2, 0.25) is 4.96 Å². The second kappa shape index (κ2) is 4.97. The second-order valence-electron chi connectivity index (χ2n) is 4.55. The predicted molar refractivity (Wildman–Crippen MR) is 74.7 cm³/mol. The van der Waals surface area contributed by atoms with Crippen LogP contribution in [0.4, 0.5) is 0 Å². The molecule has 3 aromatic rings. The summed E-state index contributed by atoms with van der Waals surface area (Å²) in [7, 11) is 1.61. The zero-order valence-corrected chi connectivity index (χ0v) is 12.0. The maximum atomic E-state index is 5.95. The first-order valence-electron chi connectivity index (χ1n) is 6.43. The van der Waals surface area contributed by atoms with Crippen molar-refractivity contribution in [2.24, 2.45) is 0 Å². The molecular formula is C13H12N4O3S. The van der Waals surface area contributed by atoms with Crippen molar-refractivity contribution in [3.8, 4) is 11.5 Å². The molecule has 0 radical (unpaired) electrons. The Bertz CT molecular complexity index is 785. The summed E-state index contributed by atoms with van der Waals surface area (Å²) < 4.78 is 18.4. The highest BCUT2D eigenvalue weighted by Crippen LogP contribution is 2.36. The Morgan fingerprint density at radius 2 is 2.19 bits per heavy atom. The van der Waals surface area contributed by atoms with Crippen LogP contribution in [0, 0.1) is 0 Å². The lowest BCUT2D eigenvalue weighted by molar-refractivity contribution is 0.0903. The number of benzene rings is 1. The van der Waals surface area contributed by atoms with Crippen molar-refractivity contribution in [3.63, 3.8) is 0 Å². The summed E-state index contributed by atoms with van der Waals surface area (Å²) >= 11 is 1.44. The van der Waals surface area contributed by atoms with E-state index in [1.807, 2.05) is 24.3 Å². The first kappa shape index (κ1) is 12.5. The fourth-order valence-corrected chi connectivity index (χ4v) is 3.03. The van der Waals surface area contributed by atoms with Crippen LogP contribution in [0.5, 0.6) is 11.5 Å². The monoisotopic (exact) mass is 304 g/mol. The third-order valence-corrected chi connectivity index (χ3v) is 4.12. The van der Waals surface area contributed by atoms with Gasteiger partial charge in [0, 0.05) is 7.11 Å². The Kier molecular flexibility index (Phi) is 2.97. The molecule has 1 atom stereocenters. The predicted octanol–water partition coefficient (Wildman–Crippen LogP) is 1.84. The minimum atomic E-state index is -0.234. The van der Waals surface area contributed by atoms with Crippen molar-refractivity contribution in [1.29, 1.82) is 0 Å². The molecule has 0 bridgehead atoms. The van der Waals surface area contributed by atoms with Crippen LogP contribution in [-0.2, 0) is 11.3 Å². The van der Waals surface area contributed by atoms with Crippen LogP contribution < -0.4 is 9.47 Å². The average Bonchev–Trinajstić information content (AvgIpc) is 3.09. The lowest BCUT2D eigenvalue weighted by atomic mass is 10.3. The maximum Gasteiger partial charge on any atom is 0.234 e. The molecular weight excluding hydrogens is 292 g/mol. The molecule has 108 valence electrons. The van der Waals surface area contributed by atoms with E-state index >= 15 is 0 Å². The molecule has 21 heavy (non-hydrogen) atoms. The Hall–Kier alpha value is -2.19. The topological polar surface area (TPSA) is 70.8 Å². The molecule has 0 N–H and O–H groups in total. The van der Waals surface area contributed by atoms with Crippen molar-refractivity contribution in [2.75, 3.05) is 13.7 Å². The van der Waals surface area contributed by atoms with E-state index in [1.54, 1.807) is 11.6 Å². The Labute approximate surface area is 124 Å². The summed E-state index contributed by atoms with van der Waals surface area (Å²) in [6, 6.07) is 7.61. The summed E-state index contributed by atoms with van der Waals surface area (Å²) in [6.07, 6.45) is -0.234. The molecule has 1 aliphatic heterocycles. The number of para-hydroxylation sites is 2. The standard InChI is InChI=1S/C13H12N4O3S/c1-18-7-11-14-15-13-17(11)16-12(21-13)10-6-19-8-4-2-3-5-9(8)20-10/h2-5,10H,6-7H2,1H3/t10-/m0/s1. The van der Waals surface area contributed by atoms with Gasteiger partial charge < -0.3 is 14.2 Å². The van der Waals surface area contributed by atoms with Gasteiger partial charge in [-0.1, -0.05) is 23.5 Å². The highest BCUT2D eigenvalue weighted by molar-refractivity contribution is 7.16. The second-order valence-corrected chi connectivity index (χ2v) is 5.54. The van der Waals surface area contributed by atoms with Gasteiger partial charge in [0.1, 0.15) is 13.2 Å². The lowest BCUT2D eigenvalue weighted by Crippen LogP contribution is -2.21. The number of aromatic nitrogens is 4. The number of hydrogen-bond acceptors (Lipinski definition) is 7. The van der Waals surface area contributed by atoms with Gasteiger partial charge in [-0.2, -0.15) is 9.61 Å². The summed E-state index contributed by atoms with van der Waals surface area (Å²) in [6.45, 7) is 0.802. The van der Waals surface area contributed by atoms with Gasteiger partial charge in [0.05, 0.1) is 0 Å². The van der Waals surface area contributed by atoms with Gasteiger partial charge in [-0.3, -0.25) is 0 Å². The largest absolute Gasteiger partial charge is 0.485 e. The first-order chi connectivity index (χ1) is 10.3. The Balaban J connectivity index is 1.65. The highest BCUT2D eigenvalue weighted by Gasteiger charge is 2.26. The van der Waals surface area contributed by atoms with E-state index in [1.165, 1.54) is 11.3 Å². The van der Waals surface area contributed by atoms with Gasteiger partial charge in [-0.25, -0.2) is 0 Å². The van der Waals surface area contributed by atoms with E-state index in [-0.39, 0.29) is 6.10 Å². The van der Waals surface area contributed by atoms with Crippen molar-refractivity contribution >= 4 is 16.3 Å². The summed E-state index contributed by atoms with van der Waals surface area (Å²) in [5.74, 6) is 2.17. The Morgan fingerprint density at radius 1 is 1.33 bits per heavy atom. The smallest absolute Gasteiger partial charge is 0.234 e. The number of ether oxygens (including phenoxy) is 3. The van der Waals surface area contributed by atoms with Crippen LogP contribution in [0.3, 0.4) is 0 Å². The molecule has 0 saturated heterocycles. The number of hydrogen-bond donors (Lipinski definition) is 0. The van der Waals surface area contributed by atoms with E-state index in [0.29, 0.717) is 19.0 Å². The number of fused-ring (bicyclic) bond motifs is 2. The summed E-state index contributed by atoms with van der Waals surface area (Å²) in [5.41, 5.74) is 0. The van der Waals surface area contributed by atoms with Crippen LogP contribution in [-0.4, -0.2) is 33.5 Å². The minimum Gasteiger partial charge on any atom is -0.485 e. The zero-order valence-electron chi connectivity index (χ0n) is 11.2. The van der Waals surface area contributed by atoms with Crippen LogP contribution in [0.2, 0.25) is 0 Å². The van der Waals surface area contributed by atoms with Crippen LogP contribution in [0.25, 0.3) is 4.96 Å². The first-order valence-corrected chi connectivity index (χ1v) is 7.25. The van der Waals surface area contributed by atoms with Gasteiger partial charge in [0.15, 0.2) is 28.4 Å². The molecule has 0 amide bonds. The molecule has 0 unspecified atom stereocenters. The van der Waals surface area contributed by atoms with E-state index in [0.717, 1.165) is 21.5 Å². The summed E-state index contributed by atoms with van der Waals surface area (Å²) in [5, 5.41) is 13.4. The molecule has 4 rings (SSSR count). The minimum absolute atomic E-state index is 0.234. The van der Waals surface area contributed by atoms with Gasteiger partial charge in [0.25, 0.3) is 0 Å². The quantitative estimate of drug-likeness (QED) is 0.735. The lowest BCUT2D eigenvalue weighted by Gasteiger charge is -2.24. The molecule has 3 heterocycles. The highest BCUT2D eigenvalue weighted by atomic mass is 32.1. The van der Waals surface area contributed by atoms with Gasteiger partial charge in [-0.15, -0.1) is 10.2 Å². The molecule has 8 heteroatoms. The van der Waals surface area contributed by atoms with E-state index in [9.17, 15) is 0 Å². The van der Waals surface area contributed by atoms with Crippen molar-refractivity contribution in [1.82, 2.24) is 19.8 Å². The van der Waals surface area contributed by atoms with E-state index in [4.69, 9.17) is 14.2 Å².